The zero-order valence-corrected chi connectivity index (χ0v) is 12.6. The standard InChI is InChI=1S/C16H17ClN2O2/c1-10-7-12(17)5-6-15(10)21-9-16(20)19-18-14-8-11-3-2-4-13(11)14/h2-3,5-7,11,13H,4,8-9H2,1H3,(H,19,20)/b18-14+/t11-,13+/m0/s1. The molecule has 2 atom stereocenters. The van der Waals surface area contributed by atoms with Crippen LogP contribution in [0.3, 0.4) is 0 Å². The molecule has 5 heteroatoms. The Morgan fingerprint density at radius 3 is 3.14 bits per heavy atom. The van der Waals surface area contributed by atoms with Crippen LogP contribution in [0, 0.1) is 18.8 Å². The van der Waals surface area contributed by atoms with E-state index in [1.54, 1.807) is 18.2 Å². The number of rotatable bonds is 4. The minimum absolute atomic E-state index is 0.0500. The molecule has 0 aliphatic heterocycles. The molecule has 0 radical (unpaired) electrons. The second kappa shape index (κ2) is 5.90. The second-order valence-corrected chi connectivity index (χ2v) is 5.91. The van der Waals surface area contributed by atoms with Gasteiger partial charge in [0.25, 0.3) is 5.91 Å². The summed E-state index contributed by atoms with van der Waals surface area (Å²) in [5, 5.41) is 4.85. The van der Waals surface area contributed by atoms with Crippen LogP contribution < -0.4 is 10.2 Å². The van der Waals surface area contributed by atoms with Crippen LogP contribution in [0.1, 0.15) is 18.4 Å². The lowest BCUT2D eigenvalue weighted by Gasteiger charge is -2.31. The van der Waals surface area contributed by atoms with Crippen molar-refractivity contribution < 1.29 is 9.53 Å². The molecule has 1 saturated carbocycles. The van der Waals surface area contributed by atoms with E-state index in [1.807, 2.05) is 6.92 Å². The number of carbonyl (C=O) groups excluding carboxylic acids is 1. The van der Waals surface area contributed by atoms with E-state index in [0.717, 1.165) is 24.1 Å². The SMILES string of the molecule is Cc1cc(Cl)ccc1OCC(=O)N/N=C1\C[C@@H]2C=CC[C@@H]12. The maximum absolute atomic E-state index is 11.7. The number of nitrogens with zero attached hydrogens (tertiary/aromatic N) is 1. The molecule has 1 aromatic rings. The number of halogens is 1. The van der Waals surface area contributed by atoms with Crippen molar-refractivity contribution in [2.24, 2.45) is 16.9 Å². The second-order valence-electron chi connectivity index (χ2n) is 5.47. The number of ether oxygens (including phenoxy) is 1. The van der Waals surface area contributed by atoms with Crippen molar-refractivity contribution in [1.29, 1.82) is 0 Å². The highest BCUT2D eigenvalue weighted by atomic mass is 35.5. The Kier molecular flexibility index (Phi) is 3.97. The molecule has 21 heavy (non-hydrogen) atoms. The van der Waals surface area contributed by atoms with Crippen LogP contribution in [0.2, 0.25) is 5.02 Å². The van der Waals surface area contributed by atoms with E-state index in [4.69, 9.17) is 16.3 Å². The molecule has 0 heterocycles. The van der Waals surface area contributed by atoms with Gasteiger partial charge in [0.1, 0.15) is 5.75 Å². The first kappa shape index (κ1) is 14.1. The molecule has 3 rings (SSSR count). The highest BCUT2D eigenvalue weighted by molar-refractivity contribution is 6.30. The minimum atomic E-state index is -0.244. The zero-order valence-electron chi connectivity index (χ0n) is 11.8. The number of hydrazone groups is 1. The number of hydrogen-bond donors (Lipinski definition) is 1. The fraction of sp³-hybridized carbons (Fsp3) is 0.375. The fourth-order valence-electron chi connectivity index (χ4n) is 2.75. The molecule has 0 unspecified atom stereocenters. The van der Waals surface area contributed by atoms with Gasteiger partial charge in [0.15, 0.2) is 6.61 Å². The smallest absolute Gasteiger partial charge is 0.277 e. The molecule has 0 aromatic heterocycles. The molecule has 1 aromatic carbocycles. The van der Waals surface area contributed by atoms with Crippen LogP contribution >= 0.6 is 11.6 Å². The van der Waals surface area contributed by atoms with Crippen LogP contribution in [0.25, 0.3) is 0 Å². The summed E-state index contributed by atoms with van der Waals surface area (Å²) in [6, 6.07) is 5.30. The fourth-order valence-corrected chi connectivity index (χ4v) is 2.97. The number of fused-ring (bicyclic) bond motifs is 1. The van der Waals surface area contributed by atoms with Crippen molar-refractivity contribution in [2.75, 3.05) is 6.61 Å². The van der Waals surface area contributed by atoms with Gasteiger partial charge < -0.3 is 4.74 Å². The van der Waals surface area contributed by atoms with E-state index in [0.29, 0.717) is 22.6 Å². The predicted octanol–water partition coefficient (Wildman–Crippen LogP) is 3.10. The third-order valence-corrected chi connectivity index (χ3v) is 4.22. The quantitative estimate of drug-likeness (QED) is 0.686. The summed E-state index contributed by atoms with van der Waals surface area (Å²) < 4.78 is 5.47. The number of aryl methyl sites for hydroxylation is 1. The van der Waals surface area contributed by atoms with E-state index in [1.165, 1.54) is 0 Å². The number of hydrogen-bond acceptors (Lipinski definition) is 3. The summed E-state index contributed by atoms with van der Waals surface area (Å²) in [4.78, 5) is 11.7. The lowest BCUT2D eigenvalue weighted by atomic mass is 9.74. The van der Waals surface area contributed by atoms with Crippen molar-refractivity contribution >= 4 is 23.2 Å². The monoisotopic (exact) mass is 304 g/mol. The Labute approximate surface area is 128 Å². The highest BCUT2D eigenvalue weighted by Crippen LogP contribution is 2.40. The third-order valence-electron chi connectivity index (χ3n) is 3.98. The molecule has 1 amide bonds. The maximum Gasteiger partial charge on any atom is 0.277 e. The zero-order chi connectivity index (χ0) is 14.8. The van der Waals surface area contributed by atoms with Crippen molar-refractivity contribution in [3.8, 4) is 5.75 Å². The number of benzene rings is 1. The molecule has 1 N–H and O–H groups in total. The summed E-state index contributed by atoms with van der Waals surface area (Å²) in [5.41, 5.74) is 4.56. The molecule has 0 bridgehead atoms. The first-order valence-corrected chi connectivity index (χ1v) is 7.42. The lowest BCUT2D eigenvalue weighted by molar-refractivity contribution is -0.123. The molecule has 110 valence electrons. The Bertz CT molecular complexity index is 625. The van der Waals surface area contributed by atoms with Crippen LogP contribution in [0.4, 0.5) is 0 Å². The molecule has 2 aliphatic carbocycles. The number of amides is 1. The molecular formula is C16H17ClN2O2. The first-order valence-electron chi connectivity index (χ1n) is 7.04. The van der Waals surface area contributed by atoms with E-state index in [2.05, 4.69) is 22.7 Å². The first-order chi connectivity index (χ1) is 10.1. The largest absolute Gasteiger partial charge is 0.483 e. The van der Waals surface area contributed by atoms with Gasteiger partial charge in [-0.25, -0.2) is 5.43 Å². The van der Waals surface area contributed by atoms with Gasteiger partial charge in [-0.1, -0.05) is 23.8 Å². The van der Waals surface area contributed by atoms with Gasteiger partial charge in [-0.3, -0.25) is 4.79 Å². The Hall–Kier alpha value is -1.81. The van der Waals surface area contributed by atoms with Gasteiger partial charge in [0.05, 0.1) is 0 Å². The highest BCUT2D eigenvalue weighted by Gasteiger charge is 2.37. The van der Waals surface area contributed by atoms with Crippen molar-refractivity contribution in [2.45, 2.75) is 19.8 Å². The Morgan fingerprint density at radius 1 is 1.52 bits per heavy atom. The van der Waals surface area contributed by atoms with E-state index in [9.17, 15) is 4.79 Å². The Balaban J connectivity index is 1.47. The minimum Gasteiger partial charge on any atom is -0.483 e. The topological polar surface area (TPSA) is 50.7 Å². The van der Waals surface area contributed by atoms with Crippen molar-refractivity contribution in [3.63, 3.8) is 0 Å². The van der Waals surface area contributed by atoms with Crippen LogP contribution in [0.15, 0.2) is 35.5 Å². The molecule has 0 saturated heterocycles. The average molecular weight is 305 g/mol. The summed E-state index contributed by atoms with van der Waals surface area (Å²) in [6.45, 7) is 1.84. The van der Waals surface area contributed by atoms with Gasteiger partial charge in [-0.15, -0.1) is 0 Å². The molecule has 2 aliphatic rings. The van der Waals surface area contributed by atoms with Crippen molar-refractivity contribution in [3.05, 3.63) is 40.9 Å². The molecule has 4 nitrogen and oxygen atoms in total. The van der Waals surface area contributed by atoms with E-state index in [-0.39, 0.29) is 12.5 Å². The van der Waals surface area contributed by atoms with Crippen LogP contribution in [-0.4, -0.2) is 18.2 Å². The normalized spacial score (nSPS) is 24.6. The predicted molar refractivity (Wildman–Crippen MR) is 82.6 cm³/mol. The number of nitrogens with one attached hydrogen (secondary N) is 1. The Morgan fingerprint density at radius 2 is 2.38 bits per heavy atom. The molecular weight excluding hydrogens is 288 g/mol. The van der Waals surface area contributed by atoms with Crippen molar-refractivity contribution in [1.82, 2.24) is 5.43 Å². The van der Waals surface area contributed by atoms with Crippen LogP contribution in [-0.2, 0) is 4.79 Å². The average Bonchev–Trinajstić information content (AvgIpc) is 2.79. The molecule has 0 spiro atoms. The summed E-state index contributed by atoms with van der Waals surface area (Å²) in [7, 11) is 0. The van der Waals surface area contributed by atoms with Gasteiger partial charge in [-0.05, 0) is 49.4 Å². The number of carbonyl (C=O) groups is 1. The van der Waals surface area contributed by atoms with E-state index < -0.39 is 0 Å². The van der Waals surface area contributed by atoms with Gasteiger partial charge in [0, 0.05) is 16.7 Å². The summed E-state index contributed by atoms with van der Waals surface area (Å²) in [6.07, 6.45) is 6.42. The summed E-state index contributed by atoms with van der Waals surface area (Å²) in [5.74, 6) is 1.55. The maximum atomic E-state index is 11.7. The van der Waals surface area contributed by atoms with Crippen LogP contribution in [0.5, 0.6) is 5.75 Å². The van der Waals surface area contributed by atoms with Gasteiger partial charge >= 0.3 is 0 Å². The van der Waals surface area contributed by atoms with Gasteiger partial charge in [-0.2, -0.15) is 5.10 Å². The molecule has 1 fully saturated rings. The van der Waals surface area contributed by atoms with Gasteiger partial charge in [0.2, 0.25) is 0 Å². The lowest BCUT2D eigenvalue weighted by Crippen LogP contribution is -2.36. The van der Waals surface area contributed by atoms with E-state index >= 15 is 0 Å². The third kappa shape index (κ3) is 3.10. The summed E-state index contributed by atoms with van der Waals surface area (Å²) >= 11 is 5.87. The number of allylic oxidation sites excluding steroid dienone is 2.